The van der Waals surface area contributed by atoms with Crippen molar-refractivity contribution in [3.05, 3.63) is 18.2 Å². The van der Waals surface area contributed by atoms with Crippen LogP contribution in [0, 0.1) is 23.2 Å². The Bertz CT molecular complexity index is 927. The number of aliphatic carboxylic acids is 1. The SMILES string of the molecule is CC(C)C[C@@H](C(=O)O)N1C(=O)[C@@]23C(c4cnc[nH]4)[C@H]2[C@]13N1C(=O)OC[C@@H]1C1CC1. The first-order chi connectivity index (χ1) is 13.9. The van der Waals surface area contributed by atoms with E-state index in [1.807, 2.05) is 13.8 Å². The van der Waals surface area contributed by atoms with Crippen LogP contribution in [0.1, 0.15) is 44.7 Å². The normalized spacial score (nSPS) is 40.3. The van der Waals surface area contributed by atoms with Crippen molar-refractivity contribution in [2.24, 2.45) is 23.2 Å². The average molecular weight is 400 g/mol. The van der Waals surface area contributed by atoms with Crippen LogP contribution in [0.15, 0.2) is 12.5 Å². The van der Waals surface area contributed by atoms with Gasteiger partial charge in [0.15, 0.2) is 0 Å². The number of carboxylic acid groups (broad SMARTS) is 1. The number of amides is 2. The Kier molecular flexibility index (Phi) is 3.05. The Hall–Kier alpha value is -2.58. The van der Waals surface area contributed by atoms with Gasteiger partial charge in [-0.1, -0.05) is 13.8 Å². The first-order valence-corrected chi connectivity index (χ1v) is 10.4. The highest BCUT2D eigenvalue weighted by Crippen LogP contribution is 2.98. The summed E-state index contributed by atoms with van der Waals surface area (Å²) in [5.41, 5.74) is -0.677. The van der Waals surface area contributed by atoms with Crippen molar-refractivity contribution in [2.45, 2.75) is 56.8 Å². The first kappa shape index (κ1) is 17.3. The smallest absolute Gasteiger partial charge is 0.412 e. The molecule has 2 saturated heterocycles. The van der Waals surface area contributed by atoms with Crippen LogP contribution in [-0.2, 0) is 14.3 Å². The molecule has 29 heavy (non-hydrogen) atoms. The molecular formula is C20H24N4O5. The number of aromatic amines is 1. The summed E-state index contributed by atoms with van der Waals surface area (Å²) in [5, 5.41) is 9.93. The van der Waals surface area contributed by atoms with E-state index in [-0.39, 0.29) is 29.7 Å². The van der Waals surface area contributed by atoms with E-state index in [0.717, 1.165) is 18.5 Å². The third kappa shape index (κ3) is 1.74. The molecule has 1 aromatic heterocycles. The monoisotopic (exact) mass is 400 g/mol. The maximum Gasteiger partial charge on any atom is 0.412 e. The van der Waals surface area contributed by atoms with Crippen molar-refractivity contribution >= 4 is 18.0 Å². The number of likely N-dealkylation sites (tertiary alicyclic amines) is 1. The number of H-pyrrole nitrogens is 1. The van der Waals surface area contributed by atoms with E-state index in [1.54, 1.807) is 17.4 Å². The molecule has 9 heteroatoms. The maximum absolute atomic E-state index is 13.4. The summed E-state index contributed by atoms with van der Waals surface area (Å²) in [6, 6.07) is -1.00. The van der Waals surface area contributed by atoms with Gasteiger partial charge in [0.2, 0.25) is 5.91 Å². The van der Waals surface area contributed by atoms with E-state index in [1.165, 1.54) is 4.90 Å². The number of aromatic nitrogens is 2. The highest BCUT2D eigenvalue weighted by Gasteiger charge is 3.11. The zero-order valence-corrected chi connectivity index (χ0v) is 16.4. The minimum Gasteiger partial charge on any atom is -0.480 e. The number of ether oxygens (including phenoxy) is 1. The molecule has 0 radical (unpaired) electrons. The van der Waals surface area contributed by atoms with Crippen LogP contribution in [-0.4, -0.2) is 67.2 Å². The third-order valence-corrected chi connectivity index (χ3v) is 7.69. The quantitative estimate of drug-likeness (QED) is 0.668. The van der Waals surface area contributed by atoms with E-state index < -0.39 is 29.2 Å². The number of cyclic esters (lactones) is 1. The molecule has 3 aliphatic carbocycles. The van der Waals surface area contributed by atoms with Gasteiger partial charge in [-0.15, -0.1) is 0 Å². The summed E-state index contributed by atoms with van der Waals surface area (Å²) in [6.07, 6.45) is 5.33. The van der Waals surface area contributed by atoms with Crippen molar-refractivity contribution in [2.75, 3.05) is 6.61 Å². The summed E-state index contributed by atoms with van der Waals surface area (Å²) >= 11 is 0. The Morgan fingerprint density at radius 3 is 2.72 bits per heavy atom. The molecule has 9 nitrogen and oxygen atoms in total. The number of carbonyl (C=O) groups is 3. The largest absolute Gasteiger partial charge is 0.480 e. The lowest BCUT2D eigenvalue weighted by molar-refractivity contribution is -0.189. The Morgan fingerprint density at radius 2 is 2.17 bits per heavy atom. The van der Waals surface area contributed by atoms with Gasteiger partial charge < -0.3 is 19.7 Å². The molecular weight excluding hydrogens is 376 g/mol. The number of nitrogens with one attached hydrogen (secondary N) is 1. The highest BCUT2D eigenvalue weighted by molar-refractivity contribution is 6.09. The molecule has 1 unspecified atom stereocenters. The summed E-state index contributed by atoms with van der Waals surface area (Å²) in [7, 11) is 0. The van der Waals surface area contributed by atoms with E-state index in [9.17, 15) is 19.5 Å². The number of imidazole rings is 1. The van der Waals surface area contributed by atoms with E-state index in [2.05, 4.69) is 9.97 Å². The third-order valence-electron chi connectivity index (χ3n) is 7.69. The summed E-state index contributed by atoms with van der Waals surface area (Å²) in [4.78, 5) is 48.8. The van der Waals surface area contributed by atoms with Crippen molar-refractivity contribution < 1.29 is 24.2 Å². The van der Waals surface area contributed by atoms with Crippen LogP contribution >= 0.6 is 0 Å². The van der Waals surface area contributed by atoms with Crippen LogP contribution < -0.4 is 0 Å². The van der Waals surface area contributed by atoms with Crippen molar-refractivity contribution in [3.8, 4) is 0 Å². The molecule has 1 aromatic rings. The number of carbonyl (C=O) groups excluding carboxylic acids is 2. The number of rotatable bonds is 7. The van der Waals surface area contributed by atoms with Crippen molar-refractivity contribution in [3.63, 3.8) is 0 Å². The van der Waals surface area contributed by atoms with Gasteiger partial charge in [0, 0.05) is 23.7 Å². The number of β-lactam (4-membered cyclic amide) rings is 1. The molecule has 0 bridgehead atoms. The second-order valence-corrected chi connectivity index (χ2v) is 9.57. The van der Waals surface area contributed by atoms with Crippen molar-refractivity contribution in [1.82, 2.24) is 19.8 Å². The van der Waals surface area contributed by atoms with Crippen LogP contribution in [0.2, 0.25) is 0 Å². The lowest BCUT2D eigenvalue weighted by Crippen LogP contribution is -2.76. The van der Waals surface area contributed by atoms with E-state index in [0.29, 0.717) is 18.9 Å². The van der Waals surface area contributed by atoms with Gasteiger partial charge in [0.25, 0.3) is 0 Å². The van der Waals surface area contributed by atoms with E-state index in [4.69, 9.17) is 4.74 Å². The predicted molar refractivity (Wildman–Crippen MR) is 97.4 cm³/mol. The zero-order valence-electron chi connectivity index (χ0n) is 16.4. The second kappa shape index (κ2) is 5.12. The van der Waals surface area contributed by atoms with Crippen LogP contribution in [0.5, 0.6) is 0 Å². The molecule has 2 N–H and O–H groups in total. The van der Waals surface area contributed by atoms with Gasteiger partial charge in [-0.05, 0) is 31.1 Å². The number of piperidine rings is 1. The molecule has 6 rings (SSSR count). The second-order valence-electron chi connectivity index (χ2n) is 9.57. The number of hydrogen-bond donors (Lipinski definition) is 2. The number of carboxylic acids is 1. The van der Waals surface area contributed by atoms with Gasteiger partial charge >= 0.3 is 12.1 Å². The first-order valence-electron chi connectivity index (χ1n) is 10.4. The molecule has 3 saturated carbocycles. The lowest BCUT2D eigenvalue weighted by Gasteiger charge is -2.56. The lowest BCUT2D eigenvalue weighted by atomic mass is 9.79. The van der Waals surface area contributed by atoms with Gasteiger partial charge in [-0.3, -0.25) is 9.69 Å². The Labute approximate surface area is 167 Å². The Balaban J connectivity index is 1.42. The van der Waals surface area contributed by atoms with Gasteiger partial charge in [-0.25, -0.2) is 14.6 Å². The molecule has 2 amide bonds. The summed E-state index contributed by atoms with van der Waals surface area (Å²) in [5.74, 6) is -0.796. The summed E-state index contributed by atoms with van der Waals surface area (Å²) < 4.78 is 5.41. The maximum atomic E-state index is 13.4. The van der Waals surface area contributed by atoms with Crippen molar-refractivity contribution in [1.29, 1.82) is 0 Å². The zero-order chi connectivity index (χ0) is 20.3. The molecule has 0 aromatic carbocycles. The number of hydrogen-bond acceptors (Lipinski definition) is 5. The van der Waals surface area contributed by atoms with Gasteiger partial charge in [0.1, 0.15) is 23.7 Å². The minimum atomic E-state index is -1.01. The molecule has 5 aliphatic rings. The fourth-order valence-electron chi connectivity index (χ4n) is 6.45. The molecule has 154 valence electrons. The fourth-order valence-corrected chi connectivity index (χ4v) is 6.45. The van der Waals surface area contributed by atoms with Crippen LogP contribution in [0.25, 0.3) is 0 Å². The highest BCUT2D eigenvalue weighted by atomic mass is 16.6. The molecule has 5 fully saturated rings. The van der Waals surface area contributed by atoms with Crippen LogP contribution in [0.3, 0.4) is 0 Å². The van der Waals surface area contributed by atoms with E-state index >= 15 is 0 Å². The predicted octanol–water partition coefficient (Wildman–Crippen LogP) is 1.39. The Morgan fingerprint density at radius 1 is 1.41 bits per heavy atom. The average Bonchev–Trinajstić information content (AvgIpc) is 3.60. The topological polar surface area (TPSA) is 116 Å². The fraction of sp³-hybridized carbons (Fsp3) is 0.700. The van der Waals surface area contributed by atoms with Gasteiger partial charge in [-0.2, -0.15) is 0 Å². The molecule has 1 spiro atoms. The minimum absolute atomic E-state index is 0.0319. The molecule has 2 aliphatic heterocycles. The number of fused-ring (bicyclic) bond motifs is 1. The number of nitrogens with zero attached hydrogens (tertiary/aromatic N) is 3. The summed E-state index contributed by atoms with van der Waals surface area (Å²) in [6.45, 7) is 4.22. The van der Waals surface area contributed by atoms with Crippen LogP contribution in [0.4, 0.5) is 4.79 Å². The van der Waals surface area contributed by atoms with Gasteiger partial charge in [0.05, 0.1) is 12.4 Å². The molecule has 3 heterocycles. The molecule has 6 atom stereocenters. The standard InChI is InChI=1S/C20H24N4O5/c1-9(2)5-12(16(25)26)23-17(27)19-14(11-6-21-8-22-11)15(19)20(19,23)24-13(10-3-4-10)7-29-18(24)28/h6,8-10,12-15H,3-5,7H2,1-2H3,(H,21,22)(H,25,26)/t12-,13+,14?,15+,19+,20+/m0/s1.